The SMILES string of the molecule is Cc1nn(C)c2ncc(C(=O)NCc3ccccc3Cl)c(NCc3ccccc3)c12. The lowest BCUT2D eigenvalue weighted by Crippen LogP contribution is -2.24. The first-order valence-corrected chi connectivity index (χ1v) is 10.0. The summed E-state index contributed by atoms with van der Waals surface area (Å²) in [7, 11) is 1.85. The van der Waals surface area contributed by atoms with Crippen molar-refractivity contribution in [1.29, 1.82) is 0 Å². The Labute approximate surface area is 179 Å². The number of benzene rings is 2. The Hall–Kier alpha value is -3.38. The first kappa shape index (κ1) is 19.9. The molecule has 2 aromatic carbocycles. The molecule has 0 unspecified atom stereocenters. The van der Waals surface area contributed by atoms with Gasteiger partial charge in [0.2, 0.25) is 0 Å². The molecule has 0 aliphatic heterocycles. The number of nitrogens with zero attached hydrogens (tertiary/aromatic N) is 3. The molecule has 0 aliphatic carbocycles. The predicted octanol–water partition coefficient (Wildman–Crippen LogP) is 4.47. The molecule has 0 spiro atoms. The summed E-state index contributed by atoms with van der Waals surface area (Å²) in [5.41, 5.74) is 4.72. The first-order chi connectivity index (χ1) is 14.5. The number of rotatable bonds is 6. The van der Waals surface area contributed by atoms with E-state index in [4.69, 9.17) is 11.6 Å². The summed E-state index contributed by atoms with van der Waals surface area (Å²) < 4.78 is 1.73. The minimum atomic E-state index is -0.219. The van der Waals surface area contributed by atoms with Crippen LogP contribution in [0.3, 0.4) is 0 Å². The number of carbonyl (C=O) groups excluding carboxylic acids is 1. The van der Waals surface area contributed by atoms with Gasteiger partial charge < -0.3 is 10.6 Å². The van der Waals surface area contributed by atoms with Crippen LogP contribution < -0.4 is 10.6 Å². The number of aromatic nitrogens is 3. The zero-order valence-corrected chi connectivity index (χ0v) is 17.6. The van der Waals surface area contributed by atoms with Gasteiger partial charge in [0.1, 0.15) is 0 Å². The normalized spacial score (nSPS) is 10.9. The van der Waals surface area contributed by atoms with Crippen LogP contribution in [0.4, 0.5) is 5.69 Å². The van der Waals surface area contributed by atoms with E-state index in [0.29, 0.717) is 23.7 Å². The lowest BCUT2D eigenvalue weighted by Gasteiger charge is -2.14. The number of amides is 1. The lowest BCUT2D eigenvalue weighted by molar-refractivity contribution is 0.0951. The highest BCUT2D eigenvalue weighted by Crippen LogP contribution is 2.29. The van der Waals surface area contributed by atoms with Crippen molar-refractivity contribution in [2.75, 3.05) is 5.32 Å². The second-order valence-electron chi connectivity index (χ2n) is 7.07. The summed E-state index contributed by atoms with van der Waals surface area (Å²) in [6.07, 6.45) is 1.60. The number of hydrogen-bond acceptors (Lipinski definition) is 4. The number of hydrogen-bond donors (Lipinski definition) is 2. The molecule has 0 fully saturated rings. The lowest BCUT2D eigenvalue weighted by atomic mass is 10.1. The molecule has 30 heavy (non-hydrogen) atoms. The number of aryl methyl sites for hydroxylation is 2. The number of carbonyl (C=O) groups is 1. The van der Waals surface area contributed by atoms with Crippen molar-refractivity contribution in [3.63, 3.8) is 0 Å². The van der Waals surface area contributed by atoms with Crippen LogP contribution in [0, 0.1) is 6.92 Å². The first-order valence-electron chi connectivity index (χ1n) is 9.66. The van der Waals surface area contributed by atoms with Gasteiger partial charge in [-0.05, 0) is 24.1 Å². The van der Waals surface area contributed by atoms with E-state index in [1.165, 1.54) is 0 Å². The molecule has 1 amide bonds. The zero-order valence-electron chi connectivity index (χ0n) is 16.8. The quantitative estimate of drug-likeness (QED) is 0.483. The van der Waals surface area contributed by atoms with Crippen molar-refractivity contribution in [2.45, 2.75) is 20.0 Å². The Kier molecular flexibility index (Phi) is 5.68. The second kappa shape index (κ2) is 8.55. The van der Waals surface area contributed by atoms with Crippen molar-refractivity contribution >= 4 is 34.2 Å². The van der Waals surface area contributed by atoms with Gasteiger partial charge in [-0.15, -0.1) is 0 Å². The molecular weight excluding hydrogens is 398 g/mol. The van der Waals surface area contributed by atoms with Gasteiger partial charge >= 0.3 is 0 Å². The van der Waals surface area contributed by atoms with Crippen LogP contribution in [0.1, 0.15) is 27.2 Å². The van der Waals surface area contributed by atoms with Crippen molar-refractivity contribution in [1.82, 2.24) is 20.1 Å². The molecule has 2 aromatic heterocycles. The van der Waals surface area contributed by atoms with Crippen molar-refractivity contribution in [3.8, 4) is 0 Å². The molecule has 6 nitrogen and oxygen atoms in total. The van der Waals surface area contributed by atoms with Crippen LogP contribution in [-0.2, 0) is 20.1 Å². The molecule has 2 N–H and O–H groups in total. The van der Waals surface area contributed by atoms with Crippen LogP contribution in [0.15, 0.2) is 60.8 Å². The van der Waals surface area contributed by atoms with Gasteiger partial charge in [0.05, 0.1) is 22.3 Å². The molecule has 0 bridgehead atoms. The number of pyridine rings is 1. The molecule has 7 heteroatoms. The Morgan fingerprint density at radius 2 is 1.80 bits per heavy atom. The topological polar surface area (TPSA) is 71.8 Å². The van der Waals surface area contributed by atoms with E-state index in [1.54, 1.807) is 10.9 Å². The van der Waals surface area contributed by atoms with Gasteiger partial charge in [-0.25, -0.2) is 4.98 Å². The van der Waals surface area contributed by atoms with E-state index < -0.39 is 0 Å². The van der Waals surface area contributed by atoms with Gasteiger partial charge in [0.25, 0.3) is 5.91 Å². The third-order valence-corrected chi connectivity index (χ3v) is 5.35. The molecule has 0 radical (unpaired) electrons. The number of anilines is 1. The van der Waals surface area contributed by atoms with E-state index in [2.05, 4.69) is 20.7 Å². The van der Waals surface area contributed by atoms with Gasteiger partial charge in [0.15, 0.2) is 5.65 Å². The fraction of sp³-hybridized carbons (Fsp3) is 0.174. The van der Waals surface area contributed by atoms with Gasteiger partial charge in [-0.1, -0.05) is 60.1 Å². The zero-order chi connectivity index (χ0) is 21.1. The number of nitrogens with one attached hydrogen (secondary N) is 2. The third-order valence-electron chi connectivity index (χ3n) is 4.98. The maximum atomic E-state index is 13.1. The van der Waals surface area contributed by atoms with Gasteiger partial charge in [-0.2, -0.15) is 5.10 Å². The van der Waals surface area contributed by atoms with E-state index in [0.717, 1.165) is 33.5 Å². The average molecular weight is 420 g/mol. The van der Waals surface area contributed by atoms with Crippen LogP contribution in [0.5, 0.6) is 0 Å². The number of fused-ring (bicyclic) bond motifs is 1. The second-order valence-corrected chi connectivity index (χ2v) is 7.47. The van der Waals surface area contributed by atoms with Crippen molar-refractivity contribution < 1.29 is 4.79 Å². The van der Waals surface area contributed by atoms with E-state index >= 15 is 0 Å². The molecule has 0 saturated carbocycles. The van der Waals surface area contributed by atoms with E-state index in [9.17, 15) is 4.79 Å². The minimum absolute atomic E-state index is 0.219. The summed E-state index contributed by atoms with van der Waals surface area (Å²) >= 11 is 6.22. The number of halogens is 1. The standard InChI is InChI=1S/C23H22ClN5O/c1-15-20-21(25-12-16-8-4-3-5-9-16)18(14-26-22(20)29(2)28-15)23(30)27-13-17-10-6-7-11-19(17)24/h3-11,14H,12-13H2,1-2H3,(H,25,26)(H,27,30). The largest absolute Gasteiger partial charge is 0.380 e. The van der Waals surface area contributed by atoms with E-state index in [1.807, 2.05) is 68.6 Å². The van der Waals surface area contributed by atoms with Crippen molar-refractivity contribution in [2.24, 2.45) is 7.05 Å². The maximum absolute atomic E-state index is 13.1. The molecule has 0 saturated heterocycles. The van der Waals surface area contributed by atoms with Crippen molar-refractivity contribution in [3.05, 3.63) is 88.2 Å². The van der Waals surface area contributed by atoms with E-state index in [-0.39, 0.29) is 5.91 Å². The van der Waals surface area contributed by atoms with Gasteiger partial charge in [0, 0.05) is 31.4 Å². The highest BCUT2D eigenvalue weighted by molar-refractivity contribution is 6.31. The fourth-order valence-electron chi connectivity index (χ4n) is 3.47. The molecular formula is C23H22ClN5O. The predicted molar refractivity (Wildman–Crippen MR) is 120 cm³/mol. The Morgan fingerprint density at radius 3 is 2.57 bits per heavy atom. The summed E-state index contributed by atoms with van der Waals surface area (Å²) in [4.78, 5) is 17.5. The minimum Gasteiger partial charge on any atom is -0.380 e. The fourth-order valence-corrected chi connectivity index (χ4v) is 3.67. The van der Waals surface area contributed by atoms with Crippen LogP contribution in [-0.4, -0.2) is 20.7 Å². The Bertz CT molecular complexity index is 1200. The van der Waals surface area contributed by atoms with Crippen LogP contribution >= 0.6 is 11.6 Å². The third kappa shape index (κ3) is 4.00. The highest BCUT2D eigenvalue weighted by atomic mass is 35.5. The summed E-state index contributed by atoms with van der Waals surface area (Å²) in [5.74, 6) is -0.219. The van der Waals surface area contributed by atoms with Crippen LogP contribution in [0.25, 0.3) is 11.0 Å². The average Bonchev–Trinajstić information content (AvgIpc) is 3.05. The molecule has 4 rings (SSSR count). The highest BCUT2D eigenvalue weighted by Gasteiger charge is 2.20. The monoisotopic (exact) mass is 419 g/mol. The Balaban J connectivity index is 1.66. The summed E-state index contributed by atoms with van der Waals surface area (Å²) in [6.45, 7) is 2.84. The van der Waals surface area contributed by atoms with Crippen LogP contribution in [0.2, 0.25) is 5.02 Å². The summed E-state index contributed by atoms with van der Waals surface area (Å²) in [6, 6.07) is 17.5. The molecule has 2 heterocycles. The Morgan fingerprint density at radius 1 is 1.07 bits per heavy atom. The molecule has 0 aliphatic rings. The molecule has 4 aromatic rings. The molecule has 152 valence electrons. The summed E-state index contributed by atoms with van der Waals surface area (Å²) in [5, 5.41) is 12.3. The molecule has 0 atom stereocenters. The smallest absolute Gasteiger partial charge is 0.255 e. The maximum Gasteiger partial charge on any atom is 0.255 e. The van der Waals surface area contributed by atoms with Gasteiger partial charge in [-0.3, -0.25) is 9.48 Å².